The average molecular weight is 1690 g/mol. The van der Waals surface area contributed by atoms with Crippen LogP contribution in [0.5, 0.6) is 58.0 Å². The highest BCUT2D eigenvalue weighted by Gasteiger charge is 2.35. The van der Waals surface area contributed by atoms with Gasteiger partial charge in [-0.1, -0.05) is 148 Å². The number of halogens is 6. The van der Waals surface area contributed by atoms with E-state index >= 15 is 0 Å². The third kappa shape index (κ3) is 24.3. The predicted molar refractivity (Wildman–Crippen MR) is 430 cm³/mol. The molecule has 16 rings (SSSR count). The van der Waals surface area contributed by atoms with Crippen molar-refractivity contribution in [2.75, 3.05) is 14.2 Å². The van der Waals surface area contributed by atoms with Crippen molar-refractivity contribution in [2.45, 2.75) is 38.8 Å². The van der Waals surface area contributed by atoms with Crippen LogP contribution < -0.4 is 28.4 Å². The summed E-state index contributed by atoms with van der Waals surface area (Å²) in [6, 6.07) is 79.7. The molecule has 0 aliphatic rings. The van der Waals surface area contributed by atoms with Gasteiger partial charge in [0.25, 0.3) is 0 Å². The number of carbonyl (C=O) groups is 4. The van der Waals surface area contributed by atoms with E-state index in [1.54, 1.807) is 80.9 Å². The summed E-state index contributed by atoms with van der Waals surface area (Å²) in [7, 11) is 3.19. The van der Waals surface area contributed by atoms with Gasteiger partial charge in [0.05, 0.1) is 47.6 Å². The summed E-state index contributed by atoms with van der Waals surface area (Å²) in [4.78, 5) is 65.4. The normalized spacial score (nSPS) is 10.8. The summed E-state index contributed by atoms with van der Waals surface area (Å²) in [5, 5.41) is 15.5. The number of alkyl halides is 6. The number of hydrogen-bond donors (Lipinski definition) is 0. The molecule has 0 atom stereocenters. The topological polar surface area (TPSA) is 316 Å². The van der Waals surface area contributed by atoms with Crippen molar-refractivity contribution >= 4 is 23.9 Å². The molecular formula is C92H66F6N8O18. The lowest BCUT2D eigenvalue weighted by Gasteiger charge is -2.10. The van der Waals surface area contributed by atoms with E-state index in [2.05, 4.69) is 40.6 Å². The third-order valence-corrected chi connectivity index (χ3v) is 17.1. The molecule has 0 unspecified atom stereocenters. The van der Waals surface area contributed by atoms with Gasteiger partial charge in [0.15, 0.2) is 49.5 Å². The summed E-state index contributed by atoms with van der Waals surface area (Å²) < 4.78 is 152. The number of methoxy groups -OCH3 is 2. The monoisotopic (exact) mass is 1680 g/mol. The maximum Gasteiger partial charge on any atom is 0.417 e. The molecule has 8 aromatic carbocycles. The van der Waals surface area contributed by atoms with Crippen LogP contribution in [0.15, 0.2) is 334 Å². The van der Waals surface area contributed by atoms with E-state index in [9.17, 15) is 45.5 Å². The summed E-state index contributed by atoms with van der Waals surface area (Å²) in [5.74, 6) is 4.17. The second-order valence-electron chi connectivity index (χ2n) is 25.8. The zero-order valence-electron chi connectivity index (χ0n) is 65.0. The zero-order valence-corrected chi connectivity index (χ0v) is 65.0. The Kier molecular flexibility index (Phi) is 28.4. The largest absolute Gasteiger partial charge is 0.497 e. The minimum absolute atomic E-state index is 0.00643. The van der Waals surface area contributed by atoms with Gasteiger partial charge in [-0.05, 0) is 115 Å². The Morgan fingerprint density at radius 1 is 0.298 bits per heavy atom. The van der Waals surface area contributed by atoms with Gasteiger partial charge in [-0.2, -0.15) is 26.3 Å². The number of rotatable bonds is 26. The summed E-state index contributed by atoms with van der Waals surface area (Å²) in [6.45, 7) is -0.599. The first-order valence-corrected chi connectivity index (χ1v) is 37.1. The number of nitrogens with zero attached hydrogens (tertiary/aromatic N) is 8. The van der Waals surface area contributed by atoms with Crippen molar-refractivity contribution in [1.29, 1.82) is 0 Å². The highest BCUT2D eigenvalue weighted by atomic mass is 19.4. The van der Waals surface area contributed by atoms with Gasteiger partial charge in [0.2, 0.25) is 23.5 Å². The Morgan fingerprint density at radius 2 is 0.621 bits per heavy atom. The van der Waals surface area contributed by atoms with Gasteiger partial charge in [0, 0.05) is 95.6 Å². The fourth-order valence-electron chi connectivity index (χ4n) is 11.0. The molecular weight excluding hydrogens is 1620 g/mol. The van der Waals surface area contributed by atoms with Crippen LogP contribution in [0.2, 0.25) is 0 Å². The van der Waals surface area contributed by atoms with Crippen molar-refractivity contribution in [1.82, 2.24) is 40.6 Å². The number of pyridine rings is 4. The fourth-order valence-corrected chi connectivity index (χ4v) is 11.0. The van der Waals surface area contributed by atoms with Crippen LogP contribution in [0, 0.1) is 0 Å². The van der Waals surface area contributed by atoms with E-state index in [0.29, 0.717) is 97.6 Å². The van der Waals surface area contributed by atoms with Crippen molar-refractivity contribution < 1.29 is 111 Å². The van der Waals surface area contributed by atoms with Gasteiger partial charge < -0.3 is 65.5 Å². The molecule has 8 aromatic heterocycles. The molecule has 0 amide bonds. The molecule has 624 valence electrons. The van der Waals surface area contributed by atoms with E-state index in [-0.39, 0.29) is 60.3 Å². The Bertz CT molecular complexity index is 6150. The van der Waals surface area contributed by atoms with E-state index < -0.39 is 47.4 Å². The Balaban J connectivity index is 0.000000142. The lowest BCUT2D eigenvalue weighted by atomic mass is 10.0. The molecule has 26 nitrogen and oxygen atoms in total. The number of carbonyl (C=O) groups excluding carboxylic acids is 4. The maximum absolute atomic E-state index is 13.2. The van der Waals surface area contributed by atoms with Crippen LogP contribution in [0.1, 0.15) is 75.6 Å². The van der Waals surface area contributed by atoms with Crippen molar-refractivity contribution in [3.63, 3.8) is 0 Å². The molecule has 0 radical (unpaired) electrons. The second-order valence-corrected chi connectivity index (χ2v) is 25.8. The van der Waals surface area contributed by atoms with Crippen LogP contribution in [-0.4, -0.2) is 78.7 Å². The standard InChI is InChI=1S/2C23H15F3N2O4.2C23H18N2O5/c24-23(25,26)19-9-5-4-8-18(19)20-12-17(32-28-20)14-30-22(29)15-10-11-21(27-13-15)31-16-6-2-1-3-7-16;24-23(25,26)17-9-6-15(7-10-17)20-12-19(32-28-20)14-30-22(29)16-8-11-21(27-13-16)31-18-4-2-1-3-5-18;1-27-19-9-5-6-16(12-19)21-13-20(30-25-21)15-28-23(26)17-10-11-22(24-14-17)29-18-7-3-2-4-8-18;1-27-21-10-6-5-9-19(21)20-13-18(30-25-20)15-28-23(26)16-11-12-22(24-14-16)29-17-7-3-2-4-8-17/h2*1-13H,14H2;2*2-14H,15H2,1H3. The van der Waals surface area contributed by atoms with Gasteiger partial charge in [-0.15, -0.1) is 0 Å². The first-order valence-electron chi connectivity index (χ1n) is 37.1. The van der Waals surface area contributed by atoms with Gasteiger partial charge in [-0.25, -0.2) is 39.1 Å². The van der Waals surface area contributed by atoms with Crippen molar-refractivity contribution in [3.05, 3.63) is 372 Å². The molecule has 0 N–H and O–H groups in total. The van der Waals surface area contributed by atoms with Crippen LogP contribution in [0.4, 0.5) is 26.3 Å². The Morgan fingerprint density at radius 3 is 0.968 bits per heavy atom. The molecule has 8 heterocycles. The van der Waals surface area contributed by atoms with Crippen LogP contribution in [-0.2, 0) is 57.7 Å². The molecule has 0 saturated heterocycles. The minimum atomic E-state index is -4.54. The fraction of sp³-hybridized carbons (Fsp3) is 0.0870. The lowest BCUT2D eigenvalue weighted by Crippen LogP contribution is -2.07. The molecule has 0 fully saturated rings. The van der Waals surface area contributed by atoms with E-state index in [1.807, 2.05) is 146 Å². The van der Waals surface area contributed by atoms with Gasteiger partial charge in [-0.3, -0.25) is 0 Å². The van der Waals surface area contributed by atoms with Crippen molar-refractivity contribution in [2.24, 2.45) is 0 Å². The molecule has 0 saturated carbocycles. The highest BCUT2D eigenvalue weighted by molar-refractivity contribution is 5.91. The number of ether oxygens (including phenoxy) is 10. The molecule has 16 aromatic rings. The highest BCUT2D eigenvalue weighted by Crippen LogP contribution is 2.38. The van der Waals surface area contributed by atoms with Crippen molar-refractivity contribution in [3.8, 4) is 103 Å². The molecule has 0 bridgehead atoms. The van der Waals surface area contributed by atoms with E-state index in [1.165, 1.54) is 85.5 Å². The molecule has 0 spiro atoms. The summed E-state index contributed by atoms with van der Waals surface area (Å²) in [6.07, 6.45) is -3.52. The summed E-state index contributed by atoms with van der Waals surface area (Å²) >= 11 is 0. The van der Waals surface area contributed by atoms with E-state index in [4.69, 9.17) is 65.5 Å². The van der Waals surface area contributed by atoms with E-state index in [0.717, 1.165) is 35.1 Å². The lowest BCUT2D eigenvalue weighted by molar-refractivity contribution is -0.138. The quantitative estimate of drug-likeness (QED) is 0.0276. The molecule has 0 aliphatic carbocycles. The number of esters is 4. The minimum Gasteiger partial charge on any atom is -0.497 e. The van der Waals surface area contributed by atoms with Crippen LogP contribution in [0.25, 0.3) is 45.0 Å². The number of aromatic nitrogens is 8. The molecule has 32 heteroatoms. The second kappa shape index (κ2) is 41.2. The molecule has 124 heavy (non-hydrogen) atoms. The van der Waals surface area contributed by atoms with Crippen LogP contribution in [0.3, 0.4) is 0 Å². The third-order valence-electron chi connectivity index (χ3n) is 17.1. The first-order chi connectivity index (χ1) is 60.2. The number of benzene rings is 8. The predicted octanol–water partition coefficient (Wildman–Crippen LogP) is 21.6. The summed E-state index contributed by atoms with van der Waals surface area (Å²) in [5.41, 5.74) is 2.91. The van der Waals surface area contributed by atoms with Crippen LogP contribution >= 0.6 is 0 Å². The number of hydrogen-bond acceptors (Lipinski definition) is 26. The average Bonchev–Trinajstić information content (AvgIpc) is 1.57. The Hall–Kier alpha value is -16.5. The van der Waals surface area contributed by atoms with Gasteiger partial charge >= 0.3 is 36.2 Å². The molecule has 0 aliphatic heterocycles. The van der Waals surface area contributed by atoms with Gasteiger partial charge in [0.1, 0.15) is 57.3 Å². The maximum atomic E-state index is 13.2. The SMILES string of the molecule is COc1cccc(-c2cc(COC(=O)c3ccc(Oc4ccccc4)nc3)on2)c1.COc1ccccc1-c1cc(COC(=O)c2ccc(Oc3ccccc3)nc2)on1.O=C(OCc1cc(-c2ccc(C(F)(F)F)cc2)no1)c1ccc(Oc2ccccc2)nc1.O=C(OCc1cc(-c2ccccc2C(F)(F)F)no1)c1ccc(Oc2ccccc2)nc1. The first kappa shape index (κ1) is 85.3. The number of para-hydroxylation sites is 5. The smallest absolute Gasteiger partial charge is 0.417 e. The zero-order chi connectivity index (χ0) is 86.6. The Labute approximate surface area is 700 Å².